The molecule has 1 aliphatic rings. The third-order valence-corrected chi connectivity index (χ3v) is 6.54. The lowest BCUT2D eigenvalue weighted by Gasteiger charge is -2.43. The van der Waals surface area contributed by atoms with E-state index in [1.54, 1.807) is 0 Å². The molecular weight excluding hydrogens is 550 g/mol. The predicted molar refractivity (Wildman–Crippen MR) is 130 cm³/mol. The van der Waals surface area contributed by atoms with Gasteiger partial charge < -0.3 is 32.5 Å². The van der Waals surface area contributed by atoms with Gasteiger partial charge in [-0.3, -0.25) is 14.1 Å². The highest BCUT2D eigenvalue weighted by Gasteiger charge is 2.54. The number of hydrogen-bond donors (Lipinski definition) is 6. The summed E-state index contributed by atoms with van der Waals surface area (Å²) in [5, 5.41) is 24.5. The molecule has 19 nitrogen and oxygen atoms in total. The Kier molecular flexibility index (Phi) is 7.83. The number of amides is 2. The van der Waals surface area contributed by atoms with Crippen LogP contribution in [0.25, 0.3) is 0 Å². The van der Waals surface area contributed by atoms with Gasteiger partial charge in [0, 0.05) is 5.38 Å². The van der Waals surface area contributed by atoms with E-state index in [9.17, 15) is 32.5 Å². The second-order valence-electron chi connectivity index (χ2n) is 8.18. The summed E-state index contributed by atoms with van der Waals surface area (Å²) in [5.41, 5.74) is 14.0. The minimum atomic E-state index is -5.01. The van der Waals surface area contributed by atoms with E-state index in [-0.39, 0.29) is 34.2 Å². The van der Waals surface area contributed by atoms with Crippen LogP contribution < -0.4 is 22.5 Å². The molecule has 0 bridgehead atoms. The van der Waals surface area contributed by atoms with Crippen molar-refractivity contribution in [2.45, 2.75) is 44.6 Å². The molecule has 1 fully saturated rings. The number of nitrogens with one attached hydrogen (secondary N) is 1. The summed E-state index contributed by atoms with van der Waals surface area (Å²) in [7, 11) is -5.01. The standard InChI is InChI=1S/C17H23N11O8S2/c1-17(2,14(31)32)36-26-10(8-6-37-16(20)23-8)12(29)24-11-9(28(13(11)30)38(33,34)35)5-27-22-4-7(25-27)3-21-15(18)19/h4,6,9,11H,3,5H2,1-2H3,(H2,20,23)(H,24,29)(H,31,32)(H4,18,19,21)(H,33,34,35)/b26-10+/t9-,11+/m1/s1. The fraction of sp³-hybridized carbons (Fsp3) is 0.412. The molecule has 21 heteroatoms. The predicted octanol–water partition coefficient (Wildman–Crippen LogP) is -3.13. The van der Waals surface area contributed by atoms with E-state index in [1.807, 2.05) is 0 Å². The number of carboxylic acids is 1. The van der Waals surface area contributed by atoms with E-state index >= 15 is 0 Å². The number of nitrogens with two attached hydrogens (primary N) is 3. The van der Waals surface area contributed by atoms with Crippen LogP contribution in [0.1, 0.15) is 25.2 Å². The Morgan fingerprint density at radius 3 is 2.58 bits per heavy atom. The lowest BCUT2D eigenvalue weighted by Crippen LogP contribution is -2.73. The van der Waals surface area contributed by atoms with Crippen LogP contribution in [0.5, 0.6) is 0 Å². The Morgan fingerprint density at radius 1 is 1.34 bits per heavy atom. The highest BCUT2D eigenvalue weighted by atomic mass is 32.2. The van der Waals surface area contributed by atoms with Crippen LogP contribution in [0.3, 0.4) is 0 Å². The number of aromatic nitrogens is 4. The number of aliphatic carboxylic acids is 1. The van der Waals surface area contributed by atoms with Gasteiger partial charge in [-0.05, 0) is 13.8 Å². The quantitative estimate of drug-likeness (QED) is 0.0509. The molecule has 0 spiro atoms. The average molecular weight is 574 g/mol. The van der Waals surface area contributed by atoms with Gasteiger partial charge in [-0.1, -0.05) is 5.16 Å². The normalized spacial score (nSPS) is 18.0. The molecule has 0 unspecified atom stereocenters. The first kappa shape index (κ1) is 28.2. The van der Waals surface area contributed by atoms with Crippen LogP contribution in [0.4, 0.5) is 5.13 Å². The molecule has 2 aromatic heterocycles. The first-order valence-electron chi connectivity index (χ1n) is 10.4. The molecule has 3 rings (SSSR count). The van der Waals surface area contributed by atoms with Crippen molar-refractivity contribution in [2.75, 3.05) is 5.73 Å². The van der Waals surface area contributed by atoms with E-state index in [0.717, 1.165) is 16.1 Å². The molecule has 2 amide bonds. The van der Waals surface area contributed by atoms with Crippen LogP contribution in [0, 0.1) is 0 Å². The van der Waals surface area contributed by atoms with Gasteiger partial charge in [-0.15, -0.1) is 11.3 Å². The van der Waals surface area contributed by atoms with E-state index < -0.39 is 51.5 Å². The Morgan fingerprint density at radius 2 is 2.03 bits per heavy atom. The van der Waals surface area contributed by atoms with Gasteiger partial charge in [0.25, 0.3) is 11.8 Å². The summed E-state index contributed by atoms with van der Waals surface area (Å²) < 4.78 is 33.3. The maximum atomic E-state index is 13.1. The summed E-state index contributed by atoms with van der Waals surface area (Å²) in [6, 6.07) is -2.85. The lowest BCUT2D eigenvalue weighted by molar-refractivity contribution is -0.161. The summed E-state index contributed by atoms with van der Waals surface area (Å²) in [5.74, 6) is -3.82. The number of hydrogen-bond acceptors (Lipinski definition) is 13. The summed E-state index contributed by atoms with van der Waals surface area (Å²) >= 11 is 0.945. The summed E-state index contributed by atoms with van der Waals surface area (Å²) in [6.07, 6.45) is 1.29. The third-order valence-electron chi connectivity index (χ3n) is 4.92. The van der Waals surface area contributed by atoms with Gasteiger partial charge in [0.05, 0.1) is 19.3 Å². The van der Waals surface area contributed by atoms with E-state index in [1.165, 1.54) is 25.4 Å². The fourth-order valence-corrected chi connectivity index (χ4v) is 4.40. The number of β-lactam (4-membered cyclic amide) rings is 1. The molecule has 206 valence electrons. The molecule has 2 atom stereocenters. The number of carboxylic acid groups (broad SMARTS) is 1. The number of oxime groups is 1. The Labute approximate surface area is 218 Å². The largest absolute Gasteiger partial charge is 0.478 e. The Balaban J connectivity index is 1.87. The number of nitrogens with zero attached hydrogens (tertiary/aromatic N) is 7. The molecule has 0 aliphatic carbocycles. The van der Waals surface area contributed by atoms with Crippen LogP contribution in [-0.2, 0) is 42.6 Å². The monoisotopic (exact) mass is 573 g/mol. The van der Waals surface area contributed by atoms with Gasteiger partial charge in [0.1, 0.15) is 23.5 Å². The number of carbonyl (C=O) groups excluding carboxylic acids is 2. The maximum absolute atomic E-state index is 13.1. The lowest BCUT2D eigenvalue weighted by atomic mass is 9.98. The topological polar surface area (TPSA) is 297 Å². The van der Waals surface area contributed by atoms with Gasteiger partial charge in [-0.25, -0.2) is 19.1 Å². The molecule has 0 radical (unpaired) electrons. The van der Waals surface area contributed by atoms with Crippen molar-refractivity contribution < 1.29 is 37.3 Å². The van der Waals surface area contributed by atoms with E-state index in [4.69, 9.17) is 22.0 Å². The first-order chi connectivity index (χ1) is 17.6. The molecule has 1 saturated heterocycles. The van der Waals surface area contributed by atoms with Crippen molar-refractivity contribution in [1.82, 2.24) is 29.6 Å². The SMILES string of the molecule is CC(C)(O/N=C(/C(=O)N[C@@H]1C(=O)N(S(=O)(=O)O)[C@@H]1Cn1ncc(CN=C(N)N)n1)c1csc(N)n1)C(=O)O. The van der Waals surface area contributed by atoms with E-state index in [0.29, 0.717) is 5.69 Å². The molecular formula is C17H23N11O8S2. The molecule has 9 N–H and O–H groups in total. The Hall–Kier alpha value is -4.37. The minimum Gasteiger partial charge on any atom is -0.478 e. The number of rotatable bonds is 11. The van der Waals surface area contributed by atoms with Crippen molar-refractivity contribution >= 4 is 56.2 Å². The summed E-state index contributed by atoms with van der Waals surface area (Å²) in [4.78, 5) is 50.7. The van der Waals surface area contributed by atoms with Crippen molar-refractivity contribution in [3.05, 3.63) is 23.0 Å². The second kappa shape index (κ2) is 10.5. The van der Waals surface area contributed by atoms with Crippen molar-refractivity contribution in [1.29, 1.82) is 0 Å². The number of aliphatic imine (C=N–C) groups is 1. The van der Waals surface area contributed by atoms with E-state index in [2.05, 4.69) is 30.6 Å². The van der Waals surface area contributed by atoms with Crippen LogP contribution >= 0.6 is 11.3 Å². The van der Waals surface area contributed by atoms with Crippen LogP contribution in [0.2, 0.25) is 0 Å². The van der Waals surface area contributed by atoms with Crippen molar-refractivity contribution in [3.8, 4) is 0 Å². The highest BCUT2D eigenvalue weighted by Crippen LogP contribution is 2.25. The number of nitrogen functional groups attached to an aromatic ring is 1. The minimum absolute atomic E-state index is 0.0304. The summed E-state index contributed by atoms with van der Waals surface area (Å²) in [6.45, 7) is 1.95. The van der Waals surface area contributed by atoms with Gasteiger partial charge >= 0.3 is 16.3 Å². The highest BCUT2D eigenvalue weighted by molar-refractivity contribution is 7.84. The van der Waals surface area contributed by atoms with Gasteiger partial charge in [-0.2, -0.15) is 23.4 Å². The maximum Gasteiger partial charge on any atom is 0.362 e. The zero-order chi connectivity index (χ0) is 28.4. The number of anilines is 1. The van der Waals surface area contributed by atoms with Gasteiger partial charge in [0.15, 0.2) is 16.8 Å². The zero-order valence-electron chi connectivity index (χ0n) is 19.7. The fourth-order valence-electron chi connectivity index (χ4n) is 2.98. The smallest absolute Gasteiger partial charge is 0.362 e. The molecule has 2 aromatic rings. The van der Waals surface area contributed by atoms with Crippen LogP contribution in [0.15, 0.2) is 21.7 Å². The zero-order valence-corrected chi connectivity index (χ0v) is 21.4. The van der Waals surface area contributed by atoms with Gasteiger partial charge in [0.2, 0.25) is 5.60 Å². The number of thiazole rings is 1. The first-order valence-corrected chi connectivity index (χ1v) is 12.6. The Bertz CT molecular complexity index is 1410. The van der Waals surface area contributed by atoms with Crippen molar-refractivity contribution in [2.24, 2.45) is 21.6 Å². The molecule has 3 heterocycles. The third kappa shape index (κ3) is 6.30. The molecule has 0 saturated carbocycles. The van der Waals surface area contributed by atoms with Crippen molar-refractivity contribution in [3.63, 3.8) is 0 Å². The second-order valence-corrected chi connectivity index (χ2v) is 10.4. The number of guanidine groups is 1. The average Bonchev–Trinajstić information content (AvgIpc) is 3.43. The molecule has 38 heavy (non-hydrogen) atoms. The van der Waals surface area contributed by atoms with Crippen LogP contribution in [-0.4, -0.2) is 89.5 Å². The molecule has 0 aromatic carbocycles. The number of carbonyl (C=O) groups is 3. The molecule has 1 aliphatic heterocycles.